The molecule has 0 aromatic heterocycles. The molecule has 0 spiro atoms. The minimum absolute atomic E-state index is 0.0195. The van der Waals surface area contributed by atoms with Crippen LogP contribution in [0.3, 0.4) is 0 Å². The van der Waals surface area contributed by atoms with Crippen LogP contribution in [0.5, 0.6) is 0 Å². The normalized spacial score (nSPS) is 27.8. The van der Waals surface area contributed by atoms with E-state index in [1.807, 2.05) is 13.8 Å². The second-order valence-corrected chi connectivity index (χ2v) is 6.72. The van der Waals surface area contributed by atoms with Crippen LogP contribution in [0.1, 0.15) is 54.4 Å². The topological polar surface area (TPSA) is 26.3 Å². The lowest BCUT2D eigenvalue weighted by Gasteiger charge is -2.16. The summed E-state index contributed by atoms with van der Waals surface area (Å²) in [5.41, 5.74) is 1.61. The van der Waals surface area contributed by atoms with Crippen molar-refractivity contribution in [3.8, 4) is 0 Å². The summed E-state index contributed by atoms with van der Waals surface area (Å²) in [6.45, 7) is 13.2. The van der Waals surface area contributed by atoms with Crippen LogP contribution < -0.4 is 0 Å². The Hall–Kier alpha value is -0.790. The number of carbonyl (C=O) groups excluding carboxylic acids is 1. The first-order valence-electron chi connectivity index (χ1n) is 7.06. The highest BCUT2D eigenvalue weighted by molar-refractivity contribution is 5.71. The largest absolute Gasteiger partial charge is 0.465 e. The summed E-state index contributed by atoms with van der Waals surface area (Å²) in [5, 5.41) is 0. The summed E-state index contributed by atoms with van der Waals surface area (Å²) in [7, 11) is 0. The molecule has 3 atom stereocenters. The van der Waals surface area contributed by atoms with E-state index in [1.54, 1.807) is 0 Å². The Morgan fingerprint density at radius 3 is 2.50 bits per heavy atom. The summed E-state index contributed by atoms with van der Waals surface area (Å²) in [4.78, 5) is 11.5. The third kappa shape index (κ3) is 4.15. The molecule has 1 aliphatic rings. The van der Waals surface area contributed by atoms with Crippen LogP contribution in [-0.2, 0) is 9.53 Å². The Morgan fingerprint density at radius 1 is 1.39 bits per heavy atom. The zero-order valence-electron chi connectivity index (χ0n) is 12.7. The summed E-state index contributed by atoms with van der Waals surface area (Å²) < 4.78 is 5.38. The van der Waals surface area contributed by atoms with Crippen molar-refractivity contribution in [2.45, 2.75) is 54.4 Å². The second kappa shape index (κ2) is 5.90. The molecule has 0 N–H and O–H groups in total. The van der Waals surface area contributed by atoms with E-state index in [9.17, 15) is 4.79 Å². The third-order valence-corrected chi connectivity index (χ3v) is 4.02. The Bertz CT molecular complexity index is 326. The fourth-order valence-electron chi connectivity index (χ4n) is 2.49. The number of allylic oxidation sites excluding steroid dienone is 2. The van der Waals surface area contributed by atoms with Crippen LogP contribution >= 0.6 is 0 Å². The van der Waals surface area contributed by atoms with Gasteiger partial charge in [-0.3, -0.25) is 4.79 Å². The Labute approximate surface area is 112 Å². The molecule has 2 heteroatoms. The molecule has 0 aromatic carbocycles. The predicted octanol–water partition coefficient (Wildman–Crippen LogP) is 4.20. The van der Waals surface area contributed by atoms with E-state index < -0.39 is 0 Å². The maximum atomic E-state index is 11.5. The lowest BCUT2D eigenvalue weighted by molar-refractivity contribution is -0.149. The number of ether oxygens (including phenoxy) is 1. The van der Waals surface area contributed by atoms with Crippen molar-refractivity contribution in [2.75, 3.05) is 6.61 Å². The first-order valence-corrected chi connectivity index (χ1v) is 7.06. The van der Waals surface area contributed by atoms with E-state index in [0.717, 1.165) is 6.42 Å². The monoisotopic (exact) mass is 252 g/mol. The minimum Gasteiger partial charge on any atom is -0.465 e. The van der Waals surface area contributed by atoms with Gasteiger partial charge in [-0.05, 0) is 38.5 Å². The van der Waals surface area contributed by atoms with Crippen molar-refractivity contribution in [3.63, 3.8) is 0 Å². The van der Waals surface area contributed by atoms with Gasteiger partial charge in [-0.2, -0.15) is 0 Å². The van der Waals surface area contributed by atoms with Gasteiger partial charge in [0, 0.05) is 5.41 Å². The van der Waals surface area contributed by atoms with Gasteiger partial charge in [0.2, 0.25) is 0 Å². The molecule has 0 aromatic rings. The van der Waals surface area contributed by atoms with Crippen molar-refractivity contribution in [3.05, 3.63) is 11.6 Å². The number of hydrogen-bond acceptors (Lipinski definition) is 2. The first kappa shape index (κ1) is 15.3. The highest BCUT2D eigenvalue weighted by Crippen LogP contribution is 2.57. The van der Waals surface area contributed by atoms with E-state index in [0.29, 0.717) is 18.4 Å². The van der Waals surface area contributed by atoms with Crippen molar-refractivity contribution in [2.24, 2.45) is 23.2 Å². The van der Waals surface area contributed by atoms with Gasteiger partial charge in [0.1, 0.15) is 0 Å². The van der Waals surface area contributed by atoms with E-state index in [4.69, 9.17) is 4.74 Å². The average molecular weight is 252 g/mol. The average Bonchev–Trinajstić information content (AvgIpc) is 2.95. The molecule has 0 amide bonds. The number of carbonyl (C=O) groups is 1. The number of esters is 1. The SMILES string of the molecule is CC(C)=CC[C@@H](C)[C@@H]1C[C@@]1(C)COC(=O)C(C)C. The molecule has 1 rings (SSSR count). The maximum absolute atomic E-state index is 11.5. The lowest BCUT2D eigenvalue weighted by Crippen LogP contribution is -2.19. The van der Waals surface area contributed by atoms with Gasteiger partial charge < -0.3 is 4.74 Å². The predicted molar refractivity (Wildman–Crippen MR) is 75.2 cm³/mol. The second-order valence-electron chi connectivity index (χ2n) is 6.72. The Balaban J connectivity index is 2.37. The van der Waals surface area contributed by atoms with Gasteiger partial charge in [-0.15, -0.1) is 0 Å². The van der Waals surface area contributed by atoms with Crippen molar-refractivity contribution < 1.29 is 9.53 Å². The van der Waals surface area contributed by atoms with Crippen molar-refractivity contribution >= 4 is 5.97 Å². The molecule has 1 saturated carbocycles. The molecule has 2 nitrogen and oxygen atoms in total. The number of hydrogen-bond donors (Lipinski definition) is 0. The van der Waals surface area contributed by atoms with E-state index in [1.165, 1.54) is 12.0 Å². The van der Waals surface area contributed by atoms with E-state index in [-0.39, 0.29) is 17.3 Å². The molecule has 0 saturated heterocycles. The molecular formula is C16H28O2. The van der Waals surface area contributed by atoms with Crippen LogP contribution in [0.4, 0.5) is 0 Å². The molecular weight excluding hydrogens is 224 g/mol. The van der Waals surface area contributed by atoms with Gasteiger partial charge in [0.15, 0.2) is 0 Å². The van der Waals surface area contributed by atoms with Crippen LogP contribution in [-0.4, -0.2) is 12.6 Å². The molecule has 0 aliphatic heterocycles. The summed E-state index contributed by atoms with van der Waals surface area (Å²) in [6, 6.07) is 0. The van der Waals surface area contributed by atoms with Crippen molar-refractivity contribution in [1.29, 1.82) is 0 Å². The van der Waals surface area contributed by atoms with Crippen LogP contribution in [0.2, 0.25) is 0 Å². The highest BCUT2D eigenvalue weighted by atomic mass is 16.5. The molecule has 0 radical (unpaired) electrons. The standard InChI is InChI=1S/C16H28O2/c1-11(2)7-8-13(5)14-9-16(14,6)10-18-15(17)12(3)4/h7,12-14H,8-10H2,1-6H3/t13-,14+,16+/m1/s1. The molecule has 104 valence electrons. The zero-order valence-corrected chi connectivity index (χ0v) is 12.7. The van der Waals surface area contributed by atoms with Gasteiger partial charge >= 0.3 is 5.97 Å². The molecule has 0 bridgehead atoms. The molecule has 0 unspecified atom stereocenters. The maximum Gasteiger partial charge on any atom is 0.308 e. The number of rotatable bonds is 6. The van der Waals surface area contributed by atoms with Crippen LogP contribution in [0.15, 0.2) is 11.6 Å². The fourth-order valence-corrected chi connectivity index (χ4v) is 2.49. The zero-order chi connectivity index (χ0) is 13.9. The van der Waals surface area contributed by atoms with Gasteiger partial charge in [0.05, 0.1) is 12.5 Å². The van der Waals surface area contributed by atoms with Crippen molar-refractivity contribution in [1.82, 2.24) is 0 Å². The molecule has 0 heterocycles. The Kier molecular flexibility index (Phi) is 5.01. The molecule has 18 heavy (non-hydrogen) atoms. The summed E-state index contributed by atoms with van der Waals surface area (Å²) in [5.74, 6) is 1.29. The van der Waals surface area contributed by atoms with Gasteiger partial charge in [-0.1, -0.05) is 39.3 Å². The summed E-state index contributed by atoms with van der Waals surface area (Å²) in [6.07, 6.45) is 4.64. The quantitative estimate of drug-likeness (QED) is 0.523. The lowest BCUT2D eigenvalue weighted by atomic mass is 9.94. The van der Waals surface area contributed by atoms with Gasteiger partial charge in [-0.25, -0.2) is 0 Å². The highest BCUT2D eigenvalue weighted by Gasteiger charge is 2.52. The van der Waals surface area contributed by atoms with E-state index in [2.05, 4.69) is 33.8 Å². The van der Waals surface area contributed by atoms with Crippen LogP contribution in [0, 0.1) is 23.2 Å². The van der Waals surface area contributed by atoms with Crippen LogP contribution in [0.25, 0.3) is 0 Å². The third-order valence-electron chi connectivity index (χ3n) is 4.02. The van der Waals surface area contributed by atoms with E-state index >= 15 is 0 Å². The smallest absolute Gasteiger partial charge is 0.308 e. The van der Waals surface area contributed by atoms with Gasteiger partial charge in [0.25, 0.3) is 0 Å². The first-order chi connectivity index (χ1) is 8.26. The summed E-state index contributed by atoms with van der Waals surface area (Å²) >= 11 is 0. The molecule has 1 fully saturated rings. The minimum atomic E-state index is -0.0705. The Morgan fingerprint density at radius 2 is 2.00 bits per heavy atom. The fraction of sp³-hybridized carbons (Fsp3) is 0.812. The molecule has 1 aliphatic carbocycles.